The molecule has 0 bridgehead atoms. The van der Waals surface area contributed by atoms with Crippen LogP contribution in [-0.2, 0) is 9.53 Å². The van der Waals surface area contributed by atoms with E-state index >= 15 is 0 Å². The van der Waals surface area contributed by atoms with Crippen LogP contribution in [0.3, 0.4) is 0 Å². The van der Waals surface area contributed by atoms with E-state index in [1.807, 2.05) is 0 Å². The fraction of sp³-hybridized carbons (Fsp3) is 0.632. The minimum absolute atomic E-state index is 0.0332. The number of aromatic nitrogens is 1. The molecule has 2 saturated heterocycles. The number of anilines is 1. The van der Waals surface area contributed by atoms with E-state index in [9.17, 15) is 22.8 Å². The molecular weight excluding hydrogens is 421 g/mol. The number of pyridine rings is 1. The normalized spacial score (nSPS) is 21.8. The molecule has 2 atom stereocenters. The first kappa shape index (κ1) is 22.5. The summed E-state index contributed by atoms with van der Waals surface area (Å²) in [6.45, 7) is 6.99. The molecule has 7 nitrogen and oxygen atoms in total. The number of hydrogen-bond donors (Lipinski definition) is 1. The Hall–Kier alpha value is -2.17. The van der Waals surface area contributed by atoms with Crippen molar-refractivity contribution in [2.45, 2.75) is 51.8 Å². The standard InChI is InChI=1S/C19H25F3N4O3S/c1-10-13(20)14(21)15(22)16(23-10)24-11-7-12(17(27)25-5-6-30-9-25)26(8-11)18(28)29-19(2,3)4/h11-12H,5-9H2,1-4H3,(H,23,24)/t11-,12-/m0/s1. The topological polar surface area (TPSA) is 74.8 Å². The van der Waals surface area contributed by atoms with Gasteiger partial charge in [0.1, 0.15) is 11.6 Å². The summed E-state index contributed by atoms with van der Waals surface area (Å²) in [5, 5.41) is 2.72. The van der Waals surface area contributed by atoms with Crippen molar-refractivity contribution in [3.63, 3.8) is 0 Å². The SMILES string of the molecule is Cc1nc(N[C@H]2C[C@@H](C(=O)N3CCSC3)N(C(=O)OC(C)(C)C)C2)c(F)c(F)c1F. The van der Waals surface area contributed by atoms with Gasteiger partial charge in [-0.1, -0.05) is 0 Å². The molecule has 11 heteroatoms. The minimum atomic E-state index is -1.62. The lowest BCUT2D eigenvalue weighted by molar-refractivity contribution is -0.134. The Kier molecular flexibility index (Phi) is 6.40. The highest BCUT2D eigenvalue weighted by atomic mass is 32.2. The molecule has 0 unspecified atom stereocenters. The molecule has 3 rings (SSSR count). The van der Waals surface area contributed by atoms with E-state index < -0.39 is 47.0 Å². The zero-order valence-corrected chi connectivity index (χ0v) is 18.1. The molecule has 1 N–H and O–H groups in total. The van der Waals surface area contributed by atoms with Crippen molar-refractivity contribution in [2.75, 3.05) is 30.0 Å². The van der Waals surface area contributed by atoms with Crippen molar-refractivity contribution in [1.29, 1.82) is 0 Å². The van der Waals surface area contributed by atoms with E-state index in [2.05, 4.69) is 10.3 Å². The molecule has 0 spiro atoms. The van der Waals surface area contributed by atoms with Crippen molar-refractivity contribution >= 4 is 29.6 Å². The summed E-state index contributed by atoms with van der Waals surface area (Å²) in [6, 6.07) is -1.39. The molecule has 166 valence electrons. The average molecular weight is 446 g/mol. The van der Waals surface area contributed by atoms with E-state index in [4.69, 9.17) is 4.74 Å². The van der Waals surface area contributed by atoms with Gasteiger partial charge in [-0.2, -0.15) is 4.39 Å². The third-order valence-electron chi connectivity index (χ3n) is 4.81. The Bertz CT molecular complexity index is 843. The first-order chi connectivity index (χ1) is 14.0. The number of halogens is 3. The van der Waals surface area contributed by atoms with Gasteiger partial charge in [0.2, 0.25) is 11.7 Å². The number of carbonyl (C=O) groups excluding carboxylic acids is 2. The molecule has 1 aromatic heterocycles. The lowest BCUT2D eigenvalue weighted by Gasteiger charge is -2.29. The Balaban J connectivity index is 1.82. The van der Waals surface area contributed by atoms with E-state index in [-0.39, 0.29) is 24.6 Å². The smallest absolute Gasteiger partial charge is 0.411 e. The molecular formula is C19H25F3N4O3S. The lowest BCUT2D eigenvalue weighted by atomic mass is 10.1. The average Bonchev–Trinajstić information content (AvgIpc) is 3.32. The van der Waals surface area contributed by atoms with Gasteiger partial charge < -0.3 is 15.0 Å². The van der Waals surface area contributed by atoms with Gasteiger partial charge in [-0.25, -0.2) is 18.6 Å². The van der Waals surface area contributed by atoms with Crippen LogP contribution in [0.15, 0.2) is 0 Å². The van der Waals surface area contributed by atoms with E-state index in [0.717, 1.165) is 5.75 Å². The van der Waals surface area contributed by atoms with Gasteiger partial charge in [-0.15, -0.1) is 11.8 Å². The molecule has 0 aliphatic carbocycles. The number of rotatable bonds is 3. The fourth-order valence-corrected chi connectivity index (χ4v) is 4.36. The number of thioether (sulfide) groups is 1. The molecule has 30 heavy (non-hydrogen) atoms. The van der Waals surface area contributed by atoms with Gasteiger partial charge in [0.25, 0.3) is 0 Å². The molecule has 2 fully saturated rings. The number of carbonyl (C=O) groups is 2. The number of nitrogens with one attached hydrogen (secondary N) is 1. The number of likely N-dealkylation sites (tertiary alicyclic amines) is 1. The molecule has 0 radical (unpaired) electrons. The minimum Gasteiger partial charge on any atom is -0.444 e. The summed E-state index contributed by atoms with van der Waals surface area (Å²) in [5.74, 6) is -3.72. The number of ether oxygens (including phenoxy) is 1. The van der Waals surface area contributed by atoms with Gasteiger partial charge in [0.05, 0.1) is 11.6 Å². The summed E-state index contributed by atoms with van der Waals surface area (Å²) in [4.78, 5) is 32.4. The van der Waals surface area contributed by atoms with Crippen LogP contribution in [0, 0.1) is 24.4 Å². The zero-order chi connectivity index (χ0) is 22.2. The van der Waals surface area contributed by atoms with Crippen molar-refractivity contribution in [2.24, 2.45) is 0 Å². The quantitative estimate of drug-likeness (QED) is 0.769. The van der Waals surface area contributed by atoms with Crippen LogP contribution in [-0.4, -0.2) is 69.2 Å². The van der Waals surface area contributed by atoms with Crippen LogP contribution in [0.5, 0.6) is 0 Å². The lowest BCUT2D eigenvalue weighted by Crippen LogP contribution is -2.48. The molecule has 2 amide bonds. The Morgan fingerprint density at radius 3 is 2.50 bits per heavy atom. The first-order valence-electron chi connectivity index (χ1n) is 9.61. The van der Waals surface area contributed by atoms with Crippen LogP contribution in [0.4, 0.5) is 23.8 Å². The molecule has 0 aromatic carbocycles. The summed E-state index contributed by atoms with van der Waals surface area (Å²) < 4.78 is 46.8. The fourth-order valence-electron chi connectivity index (χ4n) is 3.41. The van der Waals surface area contributed by atoms with Crippen LogP contribution in [0.1, 0.15) is 32.9 Å². The highest BCUT2D eigenvalue weighted by Gasteiger charge is 2.44. The predicted molar refractivity (Wildman–Crippen MR) is 107 cm³/mol. The summed E-state index contributed by atoms with van der Waals surface area (Å²) in [7, 11) is 0. The van der Waals surface area contributed by atoms with Crippen LogP contribution >= 0.6 is 11.8 Å². The maximum Gasteiger partial charge on any atom is 0.411 e. The van der Waals surface area contributed by atoms with E-state index in [1.54, 1.807) is 37.4 Å². The zero-order valence-electron chi connectivity index (χ0n) is 17.3. The van der Waals surface area contributed by atoms with Gasteiger partial charge >= 0.3 is 6.09 Å². The molecule has 1 aromatic rings. The number of amides is 2. The summed E-state index contributed by atoms with van der Waals surface area (Å²) in [5.41, 5.74) is -1.05. The van der Waals surface area contributed by atoms with Crippen LogP contribution < -0.4 is 5.32 Å². The Morgan fingerprint density at radius 2 is 1.90 bits per heavy atom. The van der Waals surface area contributed by atoms with Gasteiger partial charge in [-0.05, 0) is 34.1 Å². The number of nitrogens with zero attached hydrogens (tertiary/aromatic N) is 3. The molecule has 0 saturated carbocycles. The van der Waals surface area contributed by atoms with Gasteiger partial charge in [0, 0.05) is 24.9 Å². The monoisotopic (exact) mass is 446 g/mol. The second-order valence-corrected chi connectivity index (χ2v) is 9.43. The van der Waals surface area contributed by atoms with Crippen molar-refractivity contribution < 1.29 is 27.5 Å². The largest absolute Gasteiger partial charge is 0.444 e. The van der Waals surface area contributed by atoms with Gasteiger partial charge in [-0.3, -0.25) is 9.69 Å². The molecule has 3 heterocycles. The molecule has 2 aliphatic rings. The predicted octanol–water partition coefficient (Wildman–Crippen LogP) is 3.13. The third-order valence-corrected chi connectivity index (χ3v) is 5.78. The Labute approximate surface area is 177 Å². The van der Waals surface area contributed by atoms with Crippen LogP contribution in [0.2, 0.25) is 0 Å². The summed E-state index contributed by atoms with van der Waals surface area (Å²) in [6.07, 6.45) is -0.495. The first-order valence-corrected chi connectivity index (χ1v) is 10.8. The number of hydrogen-bond acceptors (Lipinski definition) is 6. The highest BCUT2D eigenvalue weighted by molar-refractivity contribution is 7.99. The van der Waals surface area contributed by atoms with Crippen molar-refractivity contribution in [1.82, 2.24) is 14.8 Å². The maximum absolute atomic E-state index is 14.2. The second kappa shape index (κ2) is 8.52. The molecule has 2 aliphatic heterocycles. The second-order valence-electron chi connectivity index (χ2n) is 8.35. The number of aryl methyl sites for hydroxylation is 1. The third kappa shape index (κ3) is 4.76. The summed E-state index contributed by atoms with van der Waals surface area (Å²) >= 11 is 1.62. The van der Waals surface area contributed by atoms with Gasteiger partial charge in [0.15, 0.2) is 17.5 Å². The van der Waals surface area contributed by atoms with Crippen molar-refractivity contribution in [3.8, 4) is 0 Å². The maximum atomic E-state index is 14.2. The Morgan fingerprint density at radius 1 is 1.20 bits per heavy atom. The van der Waals surface area contributed by atoms with Crippen molar-refractivity contribution in [3.05, 3.63) is 23.1 Å². The van der Waals surface area contributed by atoms with E-state index in [0.29, 0.717) is 12.4 Å². The highest BCUT2D eigenvalue weighted by Crippen LogP contribution is 2.28. The van der Waals surface area contributed by atoms with Crippen LogP contribution in [0.25, 0.3) is 0 Å². The van der Waals surface area contributed by atoms with E-state index in [1.165, 1.54) is 11.8 Å².